The van der Waals surface area contributed by atoms with E-state index < -0.39 is 11.7 Å². The Labute approximate surface area is 97.1 Å². The number of carbonyl (C=O) groups excluding carboxylic acids is 1. The number of hydrogen-bond donors (Lipinski definition) is 1. The van der Waals surface area contributed by atoms with Gasteiger partial charge in [0.1, 0.15) is 17.6 Å². The molecule has 15 heavy (non-hydrogen) atoms. The SMILES string of the molecule is CC(C)(C)OC(=O)NCc1cc(Br)co1. The molecule has 0 bridgehead atoms. The fraction of sp³-hybridized carbons (Fsp3) is 0.500. The van der Waals surface area contributed by atoms with Gasteiger partial charge in [-0.1, -0.05) is 0 Å². The molecule has 0 saturated heterocycles. The Bertz CT molecular complexity index is 341. The predicted octanol–water partition coefficient (Wildman–Crippen LogP) is 3.07. The molecule has 0 aliphatic carbocycles. The second-order valence-electron chi connectivity index (χ2n) is 4.09. The molecular formula is C10H14BrNO3. The summed E-state index contributed by atoms with van der Waals surface area (Å²) in [6.07, 6.45) is 1.11. The van der Waals surface area contributed by atoms with Crippen molar-refractivity contribution in [1.29, 1.82) is 0 Å². The van der Waals surface area contributed by atoms with Crippen LogP contribution in [-0.4, -0.2) is 11.7 Å². The zero-order valence-electron chi connectivity index (χ0n) is 8.96. The minimum atomic E-state index is -0.478. The van der Waals surface area contributed by atoms with E-state index in [0.717, 1.165) is 4.47 Å². The maximum Gasteiger partial charge on any atom is 0.408 e. The molecule has 5 heteroatoms. The first kappa shape index (κ1) is 12.1. The quantitative estimate of drug-likeness (QED) is 0.903. The Morgan fingerprint density at radius 2 is 2.27 bits per heavy atom. The van der Waals surface area contributed by atoms with E-state index in [9.17, 15) is 4.79 Å². The fourth-order valence-corrected chi connectivity index (χ4v) is 1.27. The maximum atomic E-state index is 11.3. The van der Waals surface area contributed by atoms with E-state index in [-0.39, 0.29) is 0 Å². The molecule has 0 aliphatic rings. The van der Waals surface area contributed by atoms with E-state index in [0.29, 0.717) is 12.3 Å². The molecule has 1 aromatic rings. The number of halogens is 1. The second-order valence-corrected chi connectivity index (χ2v) is 5.00. The molecule has 0 spiro atoms. The number of nitrogens with one attached hydrogen (secondary N) is 1. The smallest absolute Gasteiger partial charge is 0.408 e. The molecular weight excluding hydrogens is 262 g/mol. The molecule has 0 aromatic carbocycles. The van der Waals surface area contributed by atoms with Crippen molar-refractivity contribution in [2.45, 2.75) is 32.9 Å². The third kappa shape index (κ3) is 4.88. The van der Waals surface area contributed by atoms with Crippen LogP contribution in [-0.2, 0) is 11.3 Å². The van der Waals surface area contributed by atoms with Crippen molar-refractivity contribution in [2.24, 2.45) is 0 Å². The van der Waals surface area contributed by atoms with Crippen LogP contribution in [0.1, 0.15) is 26.5 Å². The van der Waals surface area contributed by atoms with Crippen molar-refractivity contribution >= 4 is 22.0 Å². The number of furan rings is 1. The predicted molar refractivity (Wildman–Crippen MR) is 59.5 cm³/mol. The molecule has 1 aromatic heterocycles. The second kappa shape index (κ2) is 4.70. The number of ether oxygens (including phenoxy) is 1. The van der Waals surface area contributed by atoms with E-state index in [1.165, 1.54) is 0 Å². The first-order valence-electron chi connectivity index (χ1n) is 4.56. The number of alkyl carbamates (subject to hydrolysis) is 1. The van der Waals surface area contributed by atoms with Crippen molar-refractivity contribution in [1.82, 2.24) is 5.32 Å². The van der Waals surface area contributed by atoms with Gasteiger partial charge in [-0.05, 0) is 42.8 Å². The lowest BCUT2D eigenvalue weighted by Crippen LogP contribution is -2.32. The standard InChI is InChI=1S/C10H14BrNO3/c1-10(2,3)15-9(13)12-5-8-4-7(11)6-14-8/h4,6H,5H2,1-3H3,(H,12,13). The number of rotatable bonds is 2. The summed E-state index contributed by atoms with van der Waals surface area (Å²) in [5.41, 5.74) is -0.478. The number of carbonyl (C=O) groups is 1. The summed E-state index contributed by atoms with van der Waals surface area (Å²) >= 11 is 3.25. The molecule has 1 rings (SSSR count). The molecule has 0 aliphatic heterocycles. The van der Waals surface area contributed by atoms with Crippen LogP contribution in [0.2, 0.25) is 0 Å². The van der Waals surface area contributed by atoms with Gasteiger partial charge in [-0.15, -0.1) is 0 Å². The average molecular weight is 276 g/mol. The molecule has 1 N–H and O–H groups in total. The highest BCUT2D eigenvalue weighted by Gasteiger charge is 2.15. The lowest BCUT2D eigenvalue weighted by molar-refractivity contribution is 0.0520. The van der Waals surface area contributed by atoms with Gasteiger partial charge in [-0.3, -0.25) is 0 Å². The fourth-order valence-electron chi connectivity index (χ4n) is 0.920. The van der Waals surface area contributed by atoms with E-state index >= 15 is 0 Å². The van der Waals surface area contributed by atoms with Crippen LogP contribution in [0, 0.1) is 0 Å². The molecule has 0 unspecified atom stereocenters. The summed E-state index contributed by atoms with van der Waals surface area (Å²) < 4.78 is 11.0. The highest BCUT2D eigenvalue weighted by atomic mass is 79.9. The Kier molecular flexibility index (Phi) is 3.79. The largest absolute Gasteiger partial charge is 0.466 e. The third-order valence-electron chi connectivity index (χ3n) is 1.43. The van der Waals surface area contributed by atoms with Gasteiger partial charge in [-0.2, -0.15) is 0 Å². The van der Waals surface area contributed by atoms with Crippen LogP contribution < -0.4 is 5.32 Å². The lowest BCUT2D eigenvalue weighted by Gasteiger charge is -2.19. The maximum absolute atomic E-state index is 11.3. The van der Waals surface area contributed by atoms with Gasteiger partial charge in [0.15, 0.2) is 0 Å². The van der Waals surface area contributed by atoms with Gasteiger partial charge in [-0.25, -0.2) is 4.79 Å². The van der Waals surface area contributed by atoms with Crippen LogP contribution in [0.15, 0.2) is 21.2 Å². The highest BCUT2D eigenvalue weighted by Crippen LogP contribution is 2.14. The van der Waals surface area contributed by atoms with Gasteiger partial charge in [0.2, 0.25) is 0 Å². The van der Waals surface area contributed by atoms with Crippen LogP contribution in [0.25, 0.3) is 0 Å². The van der Waals surface area contributed by atoms with Gasteiger partial charge < -0.3 is 14.5 Å². The number of hydrogen-bond acceptors (Lipinski definition) is 3. The summed E-state index contributed by atoms with van der Waals surface area (Å²) in [5.74, 6) is 0.674. The van der Waals surface area contributed by atoms with Crippen LogP contribution in [0.4, 0.5) is 4.79 Å². The van der Waals surface area contributed by atoms with Crippen molar-refractivity contribution < 1.29 is 13.9 Å². The first-order valence-corrected chi connectivity index (χ1v) is 5.36. The third-order valence-corrected chi connectivity index (χ3v) is 1.84. The first-order chi connectivity index (χ1) is 6.87. The van der Waals surface area contributed by atoms with Crippen molar-refractivity contribution in [2.75, 3.05) is 0 Å². The van der Waals surface area contributed by atoms with Gasteiger partial charge in [0.25, 0.3) is 0 Å². The summed E-state index contributed by atoms with van der Waals surface area (Å²) in [6.45, 7) is 5.77. The van der Waals surface area contributed by atoms with Gasteiger partial charge >= 0.3 is 6.09 Å². The molecule has 84 valence electrons. The monoisotopic (exact) mass is 275 g/mol. The van der Waals surface area contributed by atoms with Crippen LogP contribution in [0.3, 0.4) is 0 Å². The summed E-state index contributed by atoms with van der Waals surface area (Å²) in [5, 5.41) is 2.59. The molecule has 1 amide bonds. The van der Waals surface area contributed by atoms with E-state index in [1.807, 2.05) is 20.8 Å². The highest BCUT2D eigenvalue weighted by molar-refractivity contribution is 9.10. The topological polar surface area (TPSA) is 51.5 Å². The van der Waals surface area contributed by atoms with Crippen molar-refractivity contribution in [3.8, 4) is 0 Å². The normalized spacial score (nSPS) is 11.2. The van der Waals surface area contributed by atoms with Gasteiger partial charge in [0.05, 0.1) is 11.0 Å². The van der Waals surface area contributed by atoms with Crippen molar-refractivity contribution in [3.05, 3.63) is 22.6 Å². The van der Waals surface area contributed by atoms with Gasteiger partial charge in [0, 0.05) is 0 Å². The lowest BCUT2D eigenvalue weighted by atomic mass is 10.2. The summed E-state index contributed by atoms with van der Waals surface area (Å²) in [7, 11) is 0. The zero-order valence-corrected chi connectivity index (χ0v) is 10.6. The van der Waals surface area contributed by atoms with Crippen molar-refractivity contribution in [3.63, 3.8) is 0 Å². The number of amides is 1. The van der Waals surface area contributed by atoms with Crippen LogP contribution >= 0.6 is 15.9 Å². The molecule has 4 nitrogen and oxygen atoms in total. The molecule has 0 radical (unpaired) electrons. The summed E-state index contributed by atoms with van der Waals surface area (Å²) in [6, 6.07) is 1.79. The molecule has 1 heterocycles. The average Bonchev–Trinajstić information content (AvgIpc) is 2.45. The molecule has 0 atom stereocenters. The van der Waals surface area contributed by atoms with E-state index in [1.54, 1.807) is 12.3 Å². The van der Waals surface area contributed by atoms with Crippen LogP contribution in [0.5, 0.6) is 0 Å². The Morgan fingerprint density at radius 1 is 1.60 bits per heavy atom. The minimum absolute atomic E-state index is 0.320. The Morgan fingerprint density at radius 3 is 2.73 bits per heavy atom. The molecule has 0 fully saturated rings. The van der Waals surface area contributed by atoms with E-state index in [2.05, 4.69) is 21.2 Å². The zero-order chi connectivity index (χ0) is 11.5. The Hall–Kier alpha value is -0.970. The molecule has 0 saturated carbocycles. The van der Waals surface area contributed by atoms with E-state index in [4.69, 9.17) is 9.15 Å². The minimum Gasteiger partial charge on any atom is -0.466 e. The Balaban J connectivity index is 2.35. The summed E-state index contributed by atoms with van der Waals surface area (Å²) in [4.78, 5) is 11.3.